The molecule has 0 aliphatic carbocycles. The number of nitrogens with zero attached hydrogens (tertiary/aromatic N) is 3. The lowest BCUT2D eigenvalue weighted by molar-refractivity contribution is -0.384. The van der Waals surface area contributed by atoms with Crippen LogP contribution in [-0.2, 0) is 0 Å². The standard InChI is InChI=1S/C10H11ClN4O2/c1-3-5-7(4-2)14-10-8(15(16)17)9(11)12-6-13-10/h2,6-7H,3,5H2,1H3,(H,12,13,14). The second-order valence-corrected chi connectivity index (χ2v) is 3.63. The van der Waals surface area contributed by atoms with E-state index in [0.717, 1.165) is 12.7 Å². The molecule has 0 aliphatic heterocycles. The third-order valence-corrected chi connectivity index (χ3v) is 2.33. The lowest BCUT2D eigenvalue weighted by Crippen LogP contribution is -2.18. The predicted octanol–water partition coefficient (Wildman–Crippen LogP) is 2.25. The third-order valence-electron chi connectivity index (χ3n) is 2.05. The molecule has 0 radical (unpaired) electrons. The summed E-state index contributed by atoms with van der Waals surface area (Å²) in [6.07, 6.45) is 8.01. The Labute approximate surface area is 104 Å². The largest absolute Gasteiger partial charge is 0.351 e. The molecular weight excluding hydrogens is 244 g/mol. The van der Waals surface area contributed by atoms with Gasteiger partial charge in [-0.1, -0.05) is 30.9 Å². The highest BCUT2D eigenvalue weighted by Crippen LogP contribution is 2.28. The van der Waals surface area contributed by atoms with Gasteiger partial charge in [-0.3, -0.25) is 10.1 Å². The Morgan fingerprint density at radius 2 is 2.41 bits per heavy atom. The molecule has 0 aromatic carbocycles. The van der Waals surface area contributed by atoms with Crippen molar-refractivity contribution in [3.8, 4) is 12.3 Å². The van der Waals surface area contributed by atoms with E-state index in [-0.39, 0.29) is 22.7 Å². The normalized spacial score (nSPS) is 11.6. The van der Waals surface area contributed by atoms with Crippen molar-refractivity contribution in [1.82, 2.24) is 9.97 Å². The minimum atomic E-state index is -0.635. The second-order valence-electron chi connectivity index (χ2n) is 3.27. The van der Waals surface area contributed by atoms with Gasteiger partial charge in [0.05, 0.1) is 11.0 Å². The average molecular weight is 255 g/mol. The van der Waals surface area contributed by atoms with Gasteiger partial charge in [0.15, 0.2) is 0 Å². The van der Waals surface area contributed by atoms with E-state index in [1.54, 1.807) is 0 Å². The van der Waals surface area contributed by atoms with Crippen molar-refractivity contribution in [1.29, 1.82) is 0 Å². The maximum absolute atomic E-state index is 10.8. The molecule has 1 rings (SSSR count). The van der Waals surface area contributed by atoms with Gasteiger partial charge in [0.25, 0.3) is 0 Å². The number of rotatable bonds is 5. The van der Waals surface area contributed by atoms with Gasteiger partial charge in [-0.25, -0.2) is 9.97 Å². The summed E-state index contributed by atoms with van der Waals surface area (Å²) in [5, 5.41) is 13.4. The molecule has 0 spiro atoms. The van der Waals surface area contributed by atoms with E-state index in [4.69, 9.17) is 18.0 Å². The molecule has 1 atom stereocenters. The summed E-state index contributed by atoms with van der Waals surface area (Å²) in [6.45, 7) is 1.97. The van der Waals surface area contributed by atoms with Crippen LogP contribution in [0.4, 0.5) is 11.5 Å². The molecule has 1 heterocycles. The summed E-state index contributed by atoms with van der Waals surface area (Å²) < 4.78 is 0. The number of hydrogen-bond acceptors (Lipinski definition) is 5. The molecule has 0 fully saturated rings. The zero-order valence-corrected chi connectivity index (χ0v) is 9.94. The fourth-order valence-electron chi connectivity index (χ4n) is 1.28. The van der Waals surface area contributed by atoms with Gasteiger partial charge in [-0.15, -0.1) is 6.42 Å². The molecular formula is C10H11ClN4O2. The van der Waals surface area contributed by atoms with Crippen molar-refractivity contribution < 1.29 is 4.92 Å². The summed E-state index contributed by atoms with van der Waals surface area (Å²) >= 11 is 5.64. The van der Waals surface area contributed by atoms with Gasteiger partial charge in [0.1, 0.15) is 6.33 Å². The van der Waals surface area contributed by atoms with Crippen LogP contribution in [0.3, 0.4) is 0 Å². The monoisotopic (exact) mass is 254 g/mol. The van der Waals surface area contributed by atoms with Crippen LogP contribution in [0.1, 0.15) is 19.8 Å². The Balaban J connectivity index is 3.02. The molecule has 0 bridgehead atoms. The SMILES string of the molecule is C#CC(CCC)Nc1ncnc(Cl)c1[N+](=O)[O-]. The second kappa shape index (κ2) is 6.01. The third kappa shape index (κ3) is 3.29. The van der Waals surface area contributed by atoms with Crippen LogP contribution in [0.2, 0.25) is 5.15 Å². The molecule has 7 heteroatoms. The molecule has 0 saturated carbocycles. The Kier molecular flexibility index (Phi) is 4.67. The highest BCUT2D eigenvalue weighted by atomic mass is 35.5. The summed E-state index contributed by atoms with van der Waals surface area (Å²) in [7, 11) is 0. The first kappa shape index (κ1) is 13.2. The van der Waals surface area contributed by atoms with Crippen molar-refractivity contribution in [3.63, 3.8) is 0 Å². The smallest absolute Gasteiger partial charge is 0.348 e. The molecule has 6 nitrogen and oxygen atoms in total. The van der Waals surface area contributed by atoms with E-state index >= 15 is 0 Å². The summed E-state index contributed by atoms with van der Waals surface area (Å²) in [6, 6.07) is -0.315. The van der Waals surface area contributed by atoms with E-state index in [2.05, 4.69) is 21.2 Å². The van der Waals surface area contributed by atoms with Crippen LogP contribution in [0.15, 0.2) is 6.33 Å². The van der Waals surface area contributed by atoms with E-state index in [1.165, 1.54) is 0 Å². The van der Waals surface area contributed by atoms with Crippen molar-refractivity contribution in [2.24, 2.45) is 0 Å². The summed E-state index contributed by atoms with van der Waals surface area (Å²) in [5.74, 6) is 2.55. The first-order chi connectivity index (χ1) is 8.10. The number of terminal acetylenes is 1. The van der Waals surface area contributed by atoms with Crippen LogP contribution in [0, 0.1) is 22.5 Å². The fourth-order valence-corrected chi connectivity index (χ4v) is 1.48. The van der Waals surface area contributed by atoms with Gasteiger partial charge in [0, 0.05) is 0 Å². The molecule has 0 aliphatic rings. The van der Waals surface area contributed by atoms with Gasteiger partial charge in [-0.05, 0) is 6.42 Å². The summed E-state index contributed by atoms with van der Waals surface area (Å²) in [4.78, 5) is 17.5. The molecule has 0 amide bonds. The first-order valence-corrected chi connectivity index (χ1v) is 5.35. The van der Waals surface area contributed by atoms with E-state index < -0.39 is 4.92 Å². The summed E-state index contributed by atoms with van der Waals surface area (Å²) in [5.41, 5.74) is -0.356. The highest BCUT2D eigenvalue weighted by Gasteiger charge is 2.22. The number of hydrogen-bond donors (Lipinski definition) is 1. The lowest BCUT2D eigenvalue weighted by Gasteiger charge is -2.12. The Morgan fingerprint density at radius 1 is 1.71 bits per heavy atom. The number of anilines is 1. The maximum Gasteiger partial charge on any atom is 0.348 e. The Bertz CT molecular complexity index is 458. The van der Waals surface area contributed by atoms with Crippen molar-refractivity contribution in [2.75, 3.05) is 5.32 Å². The maximum atomic E-state index is 10.8. The zero-order valence-electron chi connectivity index (χ0n) is 9.18. The van der Waals surface area contributed by atoms with Crippen LogP contribution in [0.25, 0.3) is 0 Å². The lowest BCUT2D eigenvalue weighted by atomic mass is 10.2. The number of halogens is 1. The fraction of sp³-hybridized carbons (Fsp3) is 0.400. The molecule has 1 aromatic heterocycles. The van der Waals surface area contributed by atoms with E-state index in [9.17, 15) is 10.1 Å². The van der Waals surface area contributed by atoms with E-state index in [0.29, 0.717) is 6.42 Å². The topological polar surface area (TPSA) is 81.0 Å². The van der Waals surface area contributed by atoms with Crippen LogP contribution in [0.5, 0.6) is 0 Å². The van der Waals surface area contributed by atoms with Crippen LogP contribution >= 0.6 is 11.6 Å². The molecule has 1 N–H and O–H groups in total. The Morgan fingerprint density at radius 3 is 2.94 bits per heavy atom. The first-order valence-electron chi connectivity index (χ1n) is 4.97. The number of aromatic nitrogens is 2. The quantitative estimate of drug-likeness (QED) is 0.377. The highest BCUT2D eigenvalue weighted by molar-refractivity contribution is 6.31. The van der Waals surface area contributed by atoms with Gasteiger partial charge in [0.2, 0.25) is 11.0 Å². The minimum Gasteiger partial charge on any atom is -0.351 e. The van der Waals surface area contributed by atoms with E-state index in [1.807, 2.05) is 6.92 Å². The predicted molar refractivity (Wildman–Crippen MR) is 64.8 cm³/mol. The molecule has 17 heavy (non-hydrogen) atoms. The number of nitrogens with one attached hydrogen (secondary N) is 1. The van der Waals surface area contributed by atoms with Crippen LogP contribution < -0.4 is 5.32 Å². The van der Waals surface area contributed by atoms with Gasteiger partial charge in [-0.2, -0.15) is 0 Å². The zero-order chi connectivity index (χ0) is 12.8. The molecule has 90 valence electrons. The molecule has 1 unspecified atom stereocenters. The molecule has 0 saturated heterocycles. The number of nitro groups is 1. The van der Waals surface area contributed by atoms with Crippen molar-refractivity contribution >= 4 is 23.1 Å². The minimum absolute atomic E-state index is 0.0476. The van der Waals surface area contributed by atoms with Gasteiger partial charge < -0.3 is 5.32 Å². The average Bonchev–Trinajstić information content (AvgIpc) is 2.28. The molecule has 1 aromatic rings. The van der Waals surface area contributed by atoms with Crippen molar-refractivity contribution in [3.05, 3.63) is 21.6 Å². The Hall–Kier alpha value is -1.87. The van der Waals surface area contributed by atoms with Crippen molar-refractivity contribution in [2.45, 2.75) is 25.8 Å². The van der Waals surface area contributed by atoms with Gasteiger partial charge >= 0.3 is 5.69 Å². The van der Waals surface area contributed by atoms with Crippen LogP contribution in [-0.4, -0.2) is 20.9 Å².